The number of rotatable bonds is 7. The van der Waals surface area contributed by atoms with Gasteiger partial charge >= 0.3 is 5.97 Å². The number of hydrogen-bond donors (Lipinski definition) is 1. The van der Waals surface area contributed by atoms with E-state index in [0.29, 0.717) is 24.8 Å². The molecule has 3 aromatic heterocycles. The molecule has 4 rings (SSSR count). The van der Waals surface area contributed by atoms with Crippen LogP contribution in [0.5, 0.6) is 0 Å². The van der Waals surface area contributed by atoms with E-state index in [1.165, 1.54) is 23.5 Å². The van der Waals surface area contributed by atoms with Crippen molar-refractivity contribution in [3.8, 4) is 11.1 Å². The molecular formula is C24H23FN4O2S. The van der Waals surface area contributed by atoms with Crippen molar-refractivity contribution in [1.82, 2.24) is 15.0 Å². The summed E-state index contributed by atoms with van der Waals surface area (Å²) in [7, 11) is 0. The maximum atomic E-state index is 13.5. The first-order chi connectivity index (χ1) is 15.4. The van der Waals surface area contributed by atoms with Crippen molar-refractivity contribution in [2.24, 2.45) is 0 Å². The van der Waals surface area contributed by atoms with Crippen molar-refractivity contribution >= 4 is 33.3 Å². The average Bonchev–Trinajstić information content (AvgIpc) is 3.08. The molecule has 4 aromatic rings. The van der Waals surface area contributed by atoms with Crippen LogP contribution in [0.25, 0.3) is 21.3 Å². The van der Waals surface area contributed by atoms with Crippen LogP contribution < -0.4 is 5.32 Å². The van der Waals surface area contributed by atoms with E-state index in [9.17, 15) is 9.18 Å². The van der Waals surface area contributed by atoms with Gasteiger partial charge in [0.2, 0.25) is 0 Å². The van der Waals surface area contributed by atoms with E-state index < -0.39 is 0 Å². The van der Waals surface area contributed by atoms with Gasteiger partial charge in [0.15, 0.2) is 0 Å². The van der Waals surface area contributed by atoms with Crippen LogP contribution in [0.15, 0.2) is 42.5 Å². The predicted octanol–water partition coefficient (Wildman–Crippen LogP) is 5.23. The van der Waals surface area contributed by atoms with Crippen LogP contribution in [-0.4, -0.2) is 27.5 Å². The molecule has 0 aliphatic heterocycles. The number of aromatic nitrogens is 3. The van der Waals surface area contributed by atoms with Gasteiger partial charge in [0.1, 0.15) is 28.7 Å². The molecule has 0 amide bonds. The molecule has 164 valence electrons. The maximum absolute atomic E-state index is 13.5. The lowest BCUT2D eigenvalue weighted by Gasteiger charge is -2.11. The fraction of sp³-hybridized carbons (Fsp3) is 0.250. The highest BCUT2D eigenvalue weighted by Crippen LogP contribution is 2.41. The number of thiophene rings is 1. The number of benzene rings is 1. The number of halogens is 1. The van der Waals surface area contributed by atoms with E-state index in [1.54, 1.807) is 19.1 Å². The molecule has 0 radical (unpaired) electrons. The summed E-state index contributed by atoms with van der Waals surface area (Å²) in [4.78, 5) is 27.7. The second-order valence-electron chi connectivity index (χ2n) is 7.31. The standard InChI is InChI=1S/C24H23FN4O2S/c1-4-31-20(30)12-19-28-23(26-13-18-7-5-6-14(2)27-18)22-21(15(3)32-24(22)29-19)16-8-10-17(25)11-9-16/h5-11H,4,12-13H2,1-3H3,(H,26,28,29). The first kappa shape index (κ1) is 21.8. The molecule has 8 heteroatoms. The first-order valence-electron chi connectivity index (χ1n) is 10.3. The SMILES string of the molecule is CCOC(=O)Cc1nc(NCc2cccc(C)n2)c2c(-c3ccc(F)cc3)c(C)sc2n1. The largest absolute Gasteiger partial charge is 0.466 e. The Kier molecular flexibility index (Phi) is 6.41. The molecule has 1 N–H and O–H groups in total. The van der Waals surface area contributed by atoms with E-state index >= 15 is 0 Å². The normalized spacial score (nSPS) is 11.0. The van der Waals surface area contributed by atoms with Gasteiger partial charge in [0.05, 0.1) is 24.2 Å². The van der Waals surface area contributed by atoms with Gasteiger partial charge in [-0.2, -0.15) is 0 Å². The lowest BCUT2D eigenvalue weighted by molar-refractivity contribution is -0.142. The molecule has 0 aliphatic carbocycles. The highest BCUT2D eigenvalue weighted by molar-refractivity contribution is 7.19. The van der Waals surface area contributed by atoms with Gasteiger partial charge in [0, 0.05) is 16.1 Å². The Morgan fingerprint density at radius 2 is 1.88 bits per heavy atom. The molecule has 0 atom stereocenters. The van der Waals surface area contributed by atoms with Crippen LogP contribution in [0.1, 0.15) is 29.0 Å². The van der Waals surface area contributed by atoms with Gasteiger partial charge in [-0.1, -0.05) is 18.2 Å². The Balaban J connectivity index is 1.80. The zero-order valence-electron chi connectivity index (χ0n) is 18.1. The second kappa shape index (κ2) is 9.40. The summed E-state index contributed by atoms with van der Waals surface area (Å²) in [6.07, 6.45) is -0.00994. The zero-order chi connectivity index (χ0) is 22.7. The van der Waals surface area contributed by atoms with Gasteiger partial charge in [0.25, 0.3) is 0 Å². The number of carbonyl (C=O) groups is 1. The summed E-state index contributed by atoms with van der Waals surface area (Å²) in [5.74, 6) is 0.344. The number of fused-ring (bicyclic) bond motifs is 1. The molecule has 0 bridgehead atoms. The maximum Gasteiger partial charge on any atom is 0.313 e. The molecule has 0 unspecified atom stereocenters. The number of ether oxygens (including phenoxy) is 1. The highest BCUT2D eigenvalue weighted by Gasteiger charge is 2.20. The zero-order valence-corrected chi connectivity index (χ0v) is 18.9. The predicted molar refractivity (Wildman–Crippen MR) is 124 cm³/mol. The van der Waals surface area contributed by atoms with Crippen LogP contribution >= 0.6 is 11.3 Å². The first-order valence-corrected chi connectivity index (χ1v) is 11.1. The minimum absolute atomic E-state index is 0.00994. The molecule has 1 aromatic carbocycles. The number of hydrogen-bond acceptors (Lipinski definition) is 7. The van der Waals surface area contributed by atoms with E-state index in [2.05, 4.69) is 20.3 Å². The van der Waals surface area contributed by atoms with E-state index in [1.807, 2.05) is 32.0 Å². The van der Waals surface area contributed by atoms with E-state index in [-0.39, 0.29) is 18.2 Å². The Morgan fingerprint density at radius 3 is 2.59 bits per heavy atom. The van der Waals surface area contributed by atoms with Crippen LogP contribution in [0.2, 0.25) is 0 Å². The monoisotopic (exact) mass is 450 g/mol. The van der Waals surface area contributed by atoms with Crippen molar-refractivity contribution in [2.75, 3.05) is 11.9 Å². The lowest BCUT2D eigenvalue weighted by Crippen LogP contribution is -2.12. The van der Waals surface area contributed by atoms with Crippen molar-refractivity contribution in [3.63, 3.8) is 0 Å². The Bertz CT molecular complexity index is 1270. The topological polar surface area (TPSA) is 77.0 Å². The molecule has 3 heterocycles. The number of nitrogens with zero attached hydrogens (tertiary/aromatic N) is 3. The molecule has 6 nitrogen and oxygen atoms in total. The summed E-state index contributed by atoms with van der Waals surface area (Å²) < 4.78 is 18.6. The number of esters is 1. The number of carbonyl (C=O) groups excluding carboxylic acids is 1. The summed E-state index contributed by atoms with van der Waals surface area (Å²) in [6, 6.07) is 12.2. The van der Waals surface area contributed by atoms with Crippen molar-refractivity contribution in [1.29, 1.82) is 0 Å². The number of nitrogens with one attached hydrogen (secondary N) is 1. The Hall–Kier alpha value is -3.39. The Labute approximate surface area is 189 Å². The van der Waals surface area contributed by atoms with Crippen LogP contribution in [0, 0.1) is 19.7 Å². The third kappa shape index (κ3) is 4.75. The van der Waals surface area contributed by atoms with Gasteiger partial charge in [-0.05, 0) is 50.6 Å². The van der Waals surface area contributed by atoms with Gasteiger partial charge in [-0.3, -0.25) is 9.78 Å². The summed E-state index contributed by atoms with van der Waals surface area (Å²) in [5, 5.41) is 4.23. The summed E-state index contributed by atoms with van der Waals surface area (Å²) in [6.45, 7) is 6.48. The molecular weight excluding hydrogens is 427 g/mol. The van der Waals surface area contributed by atoms with E-state index in [0.717, 1.165) is 37.6 Å². The fourth-order valence-corrected chi connectivity index (χ4v) is 4.60. The smallest absolute Gasteiger partial charge is 0.313 e. The Morgan fingerprint density at radius 1 is 1.09 bits per heavy atom. The molecule has 32 heavy (non-hydrogen) atoms. The minimum Gasteiger partial charge on any atom is -0.466 e. The van der Waals surface area contributed by atoms with Crippen molar-refractivity contribution in [2.45, 2.75) is 33.7 Å². The third-order valence-corrected chi connectivity index (χ3v) is 5.90. The van der Waals surface area contributed by atoms with Crippen molar-refractivity contribution < 1.29 is 13.9 Å². The number of aryl methyl sites for hydroxylation is 2. The molecule has 0 fully saturated rings. The summed E-state index contributed by atoms with van der Waals surface area (Å²) >= 11 is 1.52. The van der Waals surface area contributed by atoms with Gasteiger partial charge in [-0.25, -0.2) is 14.4 Å². The van der Waals surface area contributed by atoms with Crippen LogP contribution in [-0.2, 0) is 22.5 Å². The molecule has 0 aliphatic rings. The third-order valence-electron chi connectivity index (χ3n) is 4.90. The van der Waals surface area contributed by atoms with E-state index in [4.69, 9.17) is 4.74 Å². The van der Waals surface area contributed by atoms with Crippen LogP contribution in [0.3, 0.4) is 0 Å². The summed E-state index contributed by atoms with van der Waals surface area (Å²) in [5.41, 5.74) is 3.64. The number of anilines is 1. The molecule has 0 saturated heterocycles. The lowest BCUT2D eigenvalue weighted by atomic mass is 10.0. The van der Waals surface area contributed by atoms with Crippen LogP contribution in [0.4, 0.5) is 10.2 Å². The quantitative estimate of drug-likeness (QED) is 0.389. The average molecular weight is 451 g/mol. The molecule has 0 spiro atoms. The van der Waals surface area contributed by atoms with Gasteiger partial charge < -0.3 is 10.1 Å². The fourth-order valence-electron chi connectivity index (χ4n) is 3.54. The van der Waals surface area contributed by atoms with Gasteiger partial charge in [-0.15, -0.1) is 11.3 Å². The molecule has 0 saturated carbocycles. The highest BCUT2D eigenvalue weighted by atomic mass is 32.1. The minimum atomic E-state index is -0.370. The second-order valence-corrected chi connectivity index (χ2v) is 8.52. The number of pyridine rings is 1. The van der Waals surface area contributed by atoms with Crippen molar-refractivity contribution in [3.05, 3.63) is 70.4 Å².